The van der Waals surface area contributed by atoms with E-state index in [4.69, 9.17) is 4.18 Å². The Balaban J connectivity index is 1.99. The van der Waals surface area contributed by atoms with Crippen molar-refractivity contribution in [3.63, 3.8) is 0 Å². The molecule has 5 nitrogen and oxygen atoms in total. The normalized spacial score (nSPS) is 17.1. The molecule has 0 unspecified atom stereocenters. The van der Waals surface area contributed by atoms with Crippen molar-refractivity contribution in [1.82, 2.24) is 10.3 Å². The summed E-state index contributed by atoms with van der Waals surface area (Å²) in [5.74, 6) is -0.163. The molecule has 0 aliphatic carbocycles. The van der Waals surface area contributed by atoms with E-state index < -0.39 is 10.1 Å². The lowest BCUT2D eigenvalue weighted by atomic mass is 10.2. The quantitative estimate of drug-likeness (QED) is 0.764. The molecule has 0 spiro atoms. The van der Waals surface area contributed by atoms with E-state index in [0.717, 1.165) is 5.56 Å². The first-order chi connectivity index (χ1) is 7.55. The van der Waals surface area contributed by atoms with Crippen molar-refractivity contribution in [2.75, 3.05) is 13.1 Å². The van der Waals surface area contributed by atoms with Gasteiger partial charge in [0.1, 0.15) is 11.9 Å². The molecular formula is C10H14N2O3S. The zero-order valence-electron chi connectivity index (χ0n) is 9.01. The smallest absolute Gasteiger partial charge is 0.273 e. The number of hydrogen-bond donors (Lipinski definition) is 1. The second-order valence-corrected chi connectivity index (χ2v) is 5.50. The molecule has 1 aromatic heterocycles. The summed E-state index contributed by atoms with van der Waals surface area (Å²) in [6, 6.07) is 3.54. The van der Waals surface area contributed by atoms with Crippen LogP contribution in [0.2, 0.25) is 0 Å². The van der Waals surface area contributed by atoms with Gasteiger partial charge in [0, 0.05) is 19.3 Å². The van der Waals surface area contributed by atoms with Crippen molar-refractivity contribution in [3.05, 3.63) is 29.6 Å². The van der Waals surface area contributed by atoms with Gasteiger partial charge < -0.3 is 5.32 Å². The number of hydrogen-bond acceptors (Lipinski definition) is 5. The fourth-order valence-corrected chi connectivity index (χ4v) is 2.49. The van der Waals surface area contributed by atoms with Gasteiger partial charge in [-0.05, 0) is 18.6 Å². The predicted octanol–water partition coefficient (Wildman–Crippen LogP) is 0.208. The van der Waals surface area contributed by atoms with E-state index in [1.54, 1.807) is 12.3 Å². The highest BCUT2D eigenvalue weighted by atomic mass is 32.2. The van der Waals surface area contributed by atoms with E-state index in [1.807, 2.05) is 13.0 Å². The number of rotatable bonds is 4. The molecule has 1 aromatic rings. The highest BCUT2D eigenvalue weighted by molar-refractivity contribution is 7.85. The summed E-state index contributed by atoms with van der Waals surface area (Å²) in [6.45, 7) is 3.10. The summed E-state index contributed by atoms with van der Waals surface area (Å²) in [4.78, 5) is 4.04. The minimum absolute atomic E-state index is 0.163. The van der Waals surface area contributed by atoms with E-state index in [0.29, 0.717) is 18.8 Å². The van der Waals surface area contributed by atoms with Crippen LogP contribution in [0.15, 0.2) is 18.3 Å². The van der Waals surface area contributed by atoms with Gasteiger partial charge in [-0.3, -0.25) is 9.17 Å². The fourth-order valence-electron chi connectivity index (χ4n) is 1.34. The second-order valence-electron chi connectivity index (χ2n) is 3.91. The molecule has 0 bridgehead atoms. The van der Waals surface area contributed by atoms with Crippen LogP contribution in [-0.4, -0.2) is 32.6 Å². The first-order valence-corrected chi connectivity index (χ1v) is 6.66. The number of pyridine rings is 1. The summed E-state index contributed by atoms with van der Waals surface area (Å²) in [6.07, 6.45) is 1.44. The maximum atomic E-state index is 11.6. The van der Waals surface area contributed by atoms with Crippen molar-refractivity contribution >= 4 is 10.1 Å². The Morgan fingerprint density at radius 3 is 2.75 bits per heavy atom. The Morgan fingerprint density at radius 1 is 1.50 bits per heavy atom. The Labute approximate surface area is 95.0 Å². The molecule has 0 saturated carbocycles. The highest BCUT2D eigenvalue weighted by Crippen LogP contribution is 2.10. The minimum Gasteiger partial charge on any atom is -0.311 e. The maximum absolute atomic E-state index is 11.6. The number of aromatic nitrogens is 1. The van der Waals surface area contributed by atoms with Crippen molar-refractivity contribution in [3.8, 4) is 0 Å². The lowest BCUT2D eigenvalue weighted by Gasteiger charge is -2.26. The fraction of sp³-hybridized carbons (Fsp3) is 0.500. The lowest BCUT2D eigenvalue weighted by Crippen LogP contribution is -2.49. The van der Waals surface area contributed by atoms with Crippen LogP contribution >= 0.6 is 0 Å². The molecule has 0 atom stereocenters. The van der Waals surface area contributed by atoms with Crippen molar-refractivity contribution in [2.24, 2.45) is 0 Å². The monoisotopic (exact) mass is 242 g/mol. The van der Waals surface area contributed by atoms with Crippen LogP contribution in [0.1, 0.15) is 11.3 Å². The number of nitrogens with one attached hydrogen (secondary N) is 1. The molecular weight excluding hydrogens is 228 g/mol. The highest BCUT2D eigenvalue weighted by Gasteiger charge is 2.25. The first kappa shape index (κ1) is 11.5. The van der Waals surface area contributed by atoms with Gasteiger partial charge in [0.15, 0.2) is 0 Å². The molecule has 1 saturated heterocycles. The van der Waals surface area contributed by atoms with Gasteiger partial charge in [-0.15, -0.1) is 0 Å². The minimum atomic E-state index is -3.51. The van der Waals surface area contributed by atoms with Crippen molar-refractivity contribution < 1.29 is 12.6 Å². The van der Waals surface area contributed by atoms with Crippen LogP contribution in [0.25, 0.3) is 0 Å². The van der Waals surface area contributed by atoms with Crippen LogP contribution in [-0.2, 0) is 20.1 Å². The molecule has 1 aliphatic heterocycles. The Morgan fingerprint density at radius 2 is 2.25 bits per heavy atom. The molecule has 1 N–H and O–H groups in total. The van der Waals surface area contributed by atoms with E-state index >= 15 is 0 Å². The zero-order valence-corrected chi connectivity index (χ0v) is 9.83. The standard InChI is InChI=1S/C10H14N2O3S/c1-8-2-3-9(12-4-8)7-16(13,14)15-10-5-11-6-10/h2-4,10-11H,5-7H2,1H3. The van der Waals surface area contributed by atoms with E-state index in [9.17, 15) is 8.42 Å². The topological polar surface area (TPSA) is 68.3 Å². The number of aryl methyl sites for hydroxylation is 1. The Hall–Kier alpha value is -0.980. The molecule has 0 radical (unpaired) electrons. The van der Waals surface area contributed by atoms with Gasteiger partial charge in [0.2, 0.25) is 0 Å². The third-order valence-electron chi connectivity index (χ3n) is 2.32. The number of nitrogens with zero attached hydrogens (tertiary/aromatic N) is 1. The third kappa shape index (κ3) is 3.01. The van der Waals surface area contributed by atoms with Gasteiger partial charge in [0.25, 0.3) is 10.1 Å². The average molecular weight is 242 g/mol. The van der Waals surface area contributed by atoms with E-state index in [1.165, 1.54) is 0 Å². The molecule has 0 amide bonds. The molecule has 2 rings (SSSR count). The van der Waals surface area contributed by atoms with Crippen LogP contribution in [0.4, 0.5) is 0 Å². The zero-order chi connectivity index (χ0) is 11.6. The van der Waals surface area contributed by atoms with Gasteiger partial charge >= 0.3 is 0 Å². The Kier molecular flexibility index (Phi) is 3.22. The average Bonchev–Trinajstić information content (AvgIpc) is 2.16. The molecule has 6 heteroatoms. The van der Waals surface area contributed by atoms with Crippen LogP contribution in [0, 0.1) is 6.92 Å². The maximum Gasteiger partial charge on any atom is 0.273 e. The lowest BCUT2D eigenvalue weighted by molar-refractivity contribution is 0.149. The van der Waals surface area contributed by atoms with E-state index in [2.05, 4.69) is 10.3 Å². The van der Waals surface area contributed by atoms with Gasteiger partial charge in [0.05, 0.1) is 5.69 Å². The summed E-state index contributed by atoms with van der Waals surface area (Å²) in [5.41, 5.74) is 1.52. The molecule has 88 valence electrons. The summed E-state index contributed by atoms with van der Waals surface area (Å²) in [7, 11) is -3.51. The molecule has 16 heavy (non-hydrogen) atoms. The Bertz CT molecular complexity index is 451. The van der Waals surface area contributed by atoms with Gasteiger partial charge in [-0.25, -0.2) is 0 Å². The molecule has 2 heterocycles. The van der Waals surface area contributed by atoms with Crippen LogP contribution in [0.3, 0.4) is 0 Å². The van der Waals surface area contributed by atoms with E-state index in [-0.39, 0.29) is 11.9 Å². The molecule has 1 aliphatic rings. The van der Waals surface area contributed by atoms with Crippen LogP contribution in [0.5, 0.6) is 0 Å². The largest absolute Gasteiger partial charge is 0.311 e. The second kappa shape index (κ2) is 4.48. The van der Waals surface area contributed by atoms with Gasteiger partial charge in [-0.2, -0.15) is 8.42 Å². The van der Waals surface area contributed by atoms with Crippen molar-refractivity contribution in [2.45, 2.75) is 18.8 Å². The summed E-state index contributed by atoms with van der Waals surface area (Å²) >= 11 is 0. The van der Waals surface area contributed by atoms with Crippen LogP contribution < -0.4 is 5.32 Å². The summed E-state index contributed by atoms with van der Waals surface area (Å²) in [5, 5.41) is 2.95. The molecule has 0 aromatic carbocycles. The first-order valence-electron chi connectivity index (χ1n) is 5.08. The SMILES string of the molecule is Cc1ccc(CS(=O)(=O)OC2CNC2)nc1. The third-order valence-corrected chi connectivity index (χ3v) is 3.54. The molecule has 1 fully saturated rings. The van der Waals surface area contributed by atoms with Crippen molar-refractivity contribution in [1.29, 1.82) is 0 Å². The predicted molar refractivity (Wildman–Crippen MR) is 59.3 cm³/mol. The summed E-state index contributed by atoms with van der Waals surface area (Å²) < 4.78 is 28.2. The van der Waals surface area contributed by atoms with Gasteiger partial charge in [-0.1, -0.05) is 6.07 Å².